The summed E-state index contributed by atoms with van der Waals surface area (Å²) in [6.45, 7) is 0.410. The van der Waals surface area contributed by atoms with Crippen LogP contribution in [0.2, 0.25) is 0 Å². The molecular weight excluding hydrogens is 334 g/mol. The van der Waals surface area contributed by atoms with Crippen LogP contribution in [0.15, 0.2) is 46.9 Å². The fourth-order valence-corrected chi connectivity index (χ4v) is 2.82. The largest absolute Gasteiger partial charge is 0.493 e. The Kier molecular flexibility index (Phi) is 5.02. The average molecular weight is 355 g/mol. The van der Waals surface area contributed by atoms with Crippen LogP contribution in [0.1, 0.15) is 16.1 Å². The second-order valence-corrected chi connectivity index (χ2v) is 5.84. The zero-order valence-corrected chi connectivity index (χ0v) is 15.2. The van der Waals surface area contributed by atoms with Crippen LogP contribution in [-0.2, 0) is 6.54 Å². The number of carbonyl (C=O) groups excluding carboxylic acids is 1. The Balaban J connectivity index is 1.82. The Labute approximate surface area is 151 Å². The predicted molar refractivity (Wildman–Crippen MR) is 98.1 cm³/mol. The summed E-state index contributed by atoms with van der Waals surface area (Å²) in [6, 6.07) is 12.8. The lowest BCUT2D eigenvalue weighted by Gasteiger charge is -2.17. The fraction of sp³-hybridized carbons (Fsp3) is 0.250. The van der Waals surface area contributed by atoms with Gasteiger partial charge in [-0.3, -0.25) is 4.79 Å². The van der Waals surface area contributed by atoms with Crippen LogP contribution in [-0.4, -0.2) is 39.2 Å². The molecule has 1 aromatic heterocycles. The van der Waals surface area contributed by atoms with E-state index in [2.05, 4.69) is 0 Å². The molecule has 136 valence electrons. The fourth-order valence-electron chi connectivity index (χ4n) is 2.82. The van der Waals surface area contributed by atoms with E-state index in [9.17, 15) is 4.79 Å². The molecule has 0 unspecified atom stereocenters. The maximum atomic E-state index is 12.7. The quantitative estimate of drug-likeness (QED) is 0.674. The first-order valence-electron chi connectivity index (χ1n) is 8.10. The molecule has 0 radical (unpaired) electrons. The molecule has 1 amide bonds. The molecule has 6 heteroatoms. The molecule has 26 heavy (non-hydrogen) atoms. The highest BCUT2D eigenvalue weighted by molar-refractivity contribution is 5.97. The first kappa shape index (κ1) is 17.7. The van der Waals surface area contributed by atoms with Crippen molar-refractivity contribution < 1.29 is 23.4 Å². The number of rotatable bonds is 6. The average Bonchev–Trinajstić information content (AvgIpc) is 3.11. The summed E-state index contributed by atoms with van der Waals surface area (Å²) in [4.78, 5) is 14.3. The summed E-state index contributed by atoms with van der Waals surface area (Å²) in [5.74, 6) is 1.93. The van der Waals surface area contributed by atoms with Gasteiger partial charge in [0, 0.05) is 19.0 Å². The van der Waals surface area contributed by atoms with Gasteiger partial charge in [0.05, 0.1) is 21.3 Å². The number of furan rings is 1. The summed E-state index contributed by atoms with van der Waals surface area (Å²) in [6.07, 6.45) is 0. The molecule has 0 N–H and O–H groups in total. The van der Waals surface area contributed by atoms with E-state index in [1.165, 1.54) is 0 Å². The highest BCUT2D eigenvalue weighted by atomic mass is 16.5. The molecule has 0 atom stereocenters. The maximum absolute atomic E-state index is 12.7. The van der Waals surface area contributed by atoms with Crippen molar-refractivity contribution in [1.29, 1.82) is 0 Å². The van der Waals surface area contributed by atoms with Crippen molar-refractivity contribution in [2.45, 2.75) is 6.54 Å². The normalized spacial score (nSPS) is 10.6. The number of hydrogen-bond donors (Lipinski definition) is 0. The van der Waals surface area contributed by atoms with Crippen molar-refractivity contribution >= 4 is 16.9 Å². The van der Waals surface area contributed by atoms with Gasteiger partial charge in [-0.2, -0.15) is 0 Å². The Hall–Kier alpha value is -3.15. The SMILES string of the molecule is COc1ccc(CN(C)C(=O)c2cc3cccc(OC)c3o2)cc1OC. The van der Waals surface area contributed by atoms with E-state index in [4.69, 9.17) is 18.6 Å². The number of hydrogen-bond acceptors (Lipinski definition) is 5. The van der Waals surface area contributed by atoms with Gasteiger partial charge in [-0.1, -0.05) is 18.2 Å². The summed E-state index contributed by atoms with van der Waals surface area (Å²) in [5, 5.41) is 0.826. The number of benzene rings is 2. The molecule has 1 heterocycles. The summed E-state index contributed by atoms with van der Waals surface area (Å²) < 4.78 is 21.6. The number of para-hydroxylation sites is 1. The standard InChI is InChI=1S/C20H21NO5/c1-21(12-13-8-9-15(23-2)17(10-13)25-4)20(22)18-11-14-6-5-7-16(24-3)19(14)26-18/h5-11H,12H2,1-4H3. The molecule has 0 aliphatic rings. The number of nitrogens with zero attached hydrogens (tertiary/aromatic N) is 1. The summed E-state index contributed by atoms with van der Waals surface area (Å²) in [5.41, 5.74) is 1.49. The molecule has 0 saturated heterocycles. The third-order valence-electron chi connectivity index (χ3n) is 4.15. The van der Waals surface area contributed by atoms with Crippen molar-refractivity contribution in [3.8, 4) is 17.2 Å². The van der Waals surface area contributed by atoms with Crippen LogP contribution < -0.4 is 14.2 Å². The minimum atomic E-state index is -0.210. The molecule has 3 aromatic rings. The smallest absolute Gasteiger partial charge is 0.289 e. The van der Waals surface area contributed by atoms with Crippen LogP contribution in [0.4, 0.5) is 0 Å². The van der Waals surface area contributed by atoms with E-state index < -0.39 is 0 Å². The van der Waals surface area contributed by atoms with Gasteiger partial charge in [0.15, 0.2) is 28.6 Å². The van der Waals surface area contributed by atoms with Gasteiger partial charge in [-0.15, -0.1) is 0 Å². The van der Waals surface area contributed by atoms with Gasteiger partial charge >= 0.3 is 0 Å². The van der Waals surface area contributed by atoms with E-state index in [0.717, 1.165) is 10.9 Å². The molecule has 0 aliphatic heterocycles. The van der Waals surface area contributed by atoms with Gasteiger partial charge in [0.25, 0.3) is 5.91 Å². The third-order valence-corrected chi connectivity index (χ3v) is 4.15. The van der Waals surface area contributed by atoms with E-state index in [0.29, 0.717) is 29.4 Å². The number of fused-ring (bicyclic) bond motifs is 1. The monoisotopic (exact) mass is 355 g/mol. The Bertz CT molecular complexity index is 931. The Morgan fingerprint density at radius 3 is 2.38 bits per heavy atom. The zero-order valence-electron chi connectivity index (χ0n) is 15.2. The van der Waals surface area contributed by atoms with Crippen LogP contribution in [0.3, 0.4) is 0 Å². The Morgan fingerprint density at radius 1 is 0.962 bits per heavy atom. The van der Waals surface area contributed by atoms with Crippen LogP contribution in [0.5, 0.6) is 17.2 Å². The van der Waals surface area contributed by atoms with E-state index in [-0.39, 0.29) is 11.7 Å². The first-order chi connectivity index (χ1) is 12.6. The van der Waals surface area contributed by atoms with E-state index in [1.54, 1.807) is 45.4 Å². The van der Waals surface area contributed by atoms with Crippen LogP contribution >= 0.6 is 0 Å². The number of ether oxygens (including phenoxy) is 3. The predicted octanol–water partition coefficient (Wildman–Crippen LogP) is 3.73. The van der Waals surface area contributed by atoms with Crippen molar-refractivity contribution in [3.05, 3.63) is 53.8 Å². The minimum absolute atomic E-state index is 0.210. The molecule has 6 nitrogen and oxygen atoms in total. The van der Waals surface area contributed by atoms with Gasteiger partial charge in [-0.05, 0) is 29.8 Å². The van der Waals surface area contributed by atoms with Gasteiger partial charge in [-0.25, -0.2) is 0 Å². The third kappa shape index (κ3) is 3.31. The lowest BCUT2D eigenvalue weighted by atomic mass is 10.2. The van der Waals surface area contributed by atoms with Gasteiger partial charge in [0.2, 0.25) is 0 Å². The second-order valence-electron chi connectivity index (χ2n) is 5.84. The second kappa shape index (κ2) is 7.39. The summed E-state index contributed by atoms with van der Waals surface area (Å²) >= 11 is 0. The lowest BCUT2D eigenvalue weighted by molar-refractivity contribution is 0.0755. The lowest BCUT2D eigenvalue weighted by Crippen LogP contribution is -2.25. The molecular formula is C20H21NO5. The topological polar surface area (TPSA) is 61.1 Å². The number of methoxy groups -OCH3 is 3. The molecule has 3 rings (SSSR count). The zero-order chi connectivity index (χ0) is 18.7. The van der Waals surface area contributed by atoms with Crippen molar-refractivity contribution in [2.24, 2.45) is 0 Å². The molecule has 0 saturated carbocycles. The van der Waals surface area contributed by atoms with Crippen LogP contribution in [0.25, 0.3) is 11.0 Å². The highest BCUT2D eigenvalue weighted by Crippen LogP contribution is 2.30. The highest BCUT2D eigenvalue weighted by Gasteiger charge is 2.19. The van der Waals surface area contributed by atoms with Crippen molar-refractivity contribution in [1.82, 2.24) is 4.90 Å². The molecule has 2 aromatic carbocycles. The summed E-state index contributed by atoms with van der Waals surface area (Å²) in [7, 11) is 6.47. The number of amides is 1. The van der Waals surface area contributed by atoms with Crippen LogP contribution in [0, 0.1) is 0 Å². The van der Waals surface area contributed by atoms with E-state index >= 15 is 0 Å². The van der Waals surface area contributed by atoms with Crippen molar-refractivity contribution in [2.75, 3.05) is 28.4 Å². The van der Waals surface area contributed by atoms with Crippen molar-refractivity contribution in [3.63, 3.8) is 0 Å². The molecule has 0 aliphatic carbocycles. The van der Waals surface area contributed by atoms with Gasteiger partial charge in [0.1, 0.15) is 0 Å². The first-order valence-corrected chi connectivity index (χ1v) is 8.10. The maximum Gasteiger partial charge on any atom is 0.289 e. The minimum Gasteiger partial charge on any atom is -0.493 e. The number of carbonyl (C=O) groups is 1. The Morgan fingerprint density at radius 2 is 1.69 bits per heavy atom. The van der Waals surface area contributed by atoms with E-state index in [1.807, 2.05) is 30.3 Å². The van der Waals surface area contributed by atoms with Gasteiger partial charge < -0.3 is 23.5 Å². The molecule has 0 bridgehead atoms. The molecule has 0 spiro atoms. The molecule has 0 fully saturated rings.